The van der Waals surface area contributed by atoms with Gasteiger partial charge >= 0.3 is 0 Å². The van der Waals surface area contributed by atoms with Crippen LogP contribution in [0.25, 0.3) is 6.08 Å². The third kappa shape index (κ3) is 5.74. The zero-order valence-electron chi connectivity index (χ0n) is 17.9. The zero-order valence-corrected chi connectivity index (χ0v) is 18.7. The van der Waals surface area contributed by atoms with E-state index in [4.69, 9.17) is 9.47 Å². The van der Waals surface area contributed by atoms with Crippen LogP contribution >= 0.6 is 11.3 Å². The molecule has 0 spiro atoms. The van der Waals surface area contributed by atoms with Crippen molar-refractivity contribution in [2.45, 2.75) is 13.0 Å². The number of allylic oxidation sites excluding steroid dienone is 1. The summed E-state index contributed by atoms with van der Waals surface area (Å²) in [6.45, 7) is 0.467. The fraction of sp³-hybridized carbons (Fsp3) is 0.107. The first-order chi connectivity index (χ1) is 15.7. The van der Waals surface area contributed by atoms with Crippen LogP contribution in [0.5, 0.6) is 11.5 Å². The highest BCUT2D eigenvalue weighted by atomic mass is 32.1. The number of ketones is 1. The maximum absolute atomic E-state index is 12.6. The minimum atomic E-state index is -0.00215. The highest BCUT2D eigenvalue weighted by molar-refractivity contribution is 7.14. The smallest absolute Gasteiger partial charge is 0.195 e. The van der Waals surface area contributed by atoms with Crippen LogP contribution in [0.15, 0.2) is 97.1 Å². The van der Waals surface area contributed by atoms with Crippen LogP contribution in [0.4, 0.5) is 0 Å². The monoisotopic (exact) mass is 440 g/mol. The summed E-state index contributed by atoms with van der Waals surface area (Å²) in [5.74, 6) is 1.30. The third-order valence-corrected chi connectivity index (χ3v) is 6.08. The Morgan fingerprint density at radius 2 is 1.56 bits per heavy atom. The molecule has 32 heavy (non-hydrogen) atoms. The number of hydrogen-bond acceptors (Lipinski definition) is 4. The van der Waals surface area contributed by atoms with Gasteiger partial charge in [0.05, 0.1) is 12.0 Å². The lowest BCUT2D eigenvalue weighted by molar-refractivity contribution is 0.105. The number of benzene rings is 3. The normalized spacial score (nSPS) is 10.9. The molecule has 0 aliphatic heterocycles. The van der Waals surface area contributed by atoms with Crippen molar-refractivity contribution in [2.75, 3.05) is 7.11 Å². The molecule has 0 unspecified atom stereocenters. The molecule has 3 aromatic carbocycles. The number of carbonyl (C=O) groups is 1. The van der Waals surface area contributed by atoms with Gasteiger partial charge in [0.1, 0.15) is 6.61 Å². The Morgan fingerprint density at radius 3 is 2.28 bits per heavy atom. The zero-order chi connectivity index (χ0) is 22.2. The molecule has 0 fully saturated rings. The van der Waals surface area contributed by atoms with Gasteiger partial charge in [0.25, 0.3) is 0 Å². The molecule has 0 aliphatic rings. The van der Waals surface area contributed by atoms with Gasteiger partial charge in [-0.2, -0.15) is 0 Å². The summed E-state index contributed by atoms with van der Waals surface area (Å²) in [4.78, 5) is 14.5. The number of ether oxygens (including phenoxy) is 2. The highest BCUT2D eigenvalue weighted by Crippen LogP contribution is 2.29. The predicted molar refractivity (Wildman–Crippen MR) is 131 cm³/mol. The van der Waals surface area contributed by atoms with Crippen molar-refractivity contribution in [2.24, 2.45) is 0 Å². The lowest BCUT2D eigenvalue weighted by Gasteiger charge is -2.11. The molecular weight excluding hydrogens is 416 g/mol. The van der Waals surface area contributed by atoms with Crippen LogP contribution in [0.3, 0.4) is 0 Å². The molecule has 0 saturated carbocycles. The highest BCUT2D eigenvalue weighted by Gasteiger charge is 2.09. The summed E-state index contributed by atoms with van der Waals surface area (Å²) in [7, 11) is 1.61. The number of hydrogen-bond donors (Lipinski definition) is 0. The Bertz CT molecular complexity index is 1190. The van der Waals surface area contributed by atoms with Gasteiger partial charge in [-0.15, -0.1) is 11.3 Å². The largest absolute Gasteiger partial charge is 0.493 e. The Kier molecular flexibility index (Phi) is 7.15. The molecule has 1 heterocycles. The molecule has 4 rings (SSSR count). The molecule has 3 nitrogen and oxygen atoms in total. The molecule has 0 bridgehead atoms. The molecule has 160 valence electrons. The molecule has 0 radical (unpaired) electrons. The molecule has 4 aromatic rings. The van der Waals surface area contributed by atoms with Crippen LogP contribution in [-0.4, -0.2) is 12.9 Å². The molecule has 0 saturated heterocycles. The first-order valence-corrected chi connectivity index (χ1v) is 11.2. The average molecular weight is 441 g/mol. The standard InChI is InChI=1S/C28H24O3S/c1-30-27-19-22(13-16-26(27)31-20-23-10-6-3-7-11-23)12-15-25(29)28-17-14-24(32-28)18-21-8-4-2-5-9-21/h2-17,19H,18,20H2,1H3/b15-12+. The topological polar surface area (TPSA) is 35.5 Å². The van der Waals surface area contributed by atoms with Crippen molar-refractivity contribution in [3.05, 3.63) is 124 Å². The molecule has 0 amide bonds. The first-order valence-electron chi connectivity index (χ1n) is 10.4. The van der Waals surface area contributed by atoms with Gasteiger partial charge in [0.15, 0.2) is 17.3 Å². The van der Waals surface area contributed by atoms with Gasteiger partial charge in [0, 0.05) is 11.3 Å². The van der Waals surface area contributed by atoms with Crippen molar-refractivity contribution in [3.63, 3.8) is 0 Å². The summed E-state index contributed by atoms with van der Waals surface area (Å²) < 4.78 is 11.4. The number of rotatable bonds is 9. The van der Waals surface area contributed by atoms with E-state index in [1.807, 2.05) is 84.9 Å². The van der Waals surface area contributed by atoms with E-state index in [-0.39, 0.29) is 5.78 Å². The molecule has 0 aliphatic carbocycles. The third-order valence-electron chi connectivity index (χ3n) is 4.98. The van der Waals surface area contributed by atoms with E-state index >= 15 is 0 Å². The number of methoxy groups -OCH3 is 1. The molecule has 1 aromatic heterocycles. The SMILES string of the molecule is COc1cc(/C=C/C(=O)c2ccc(Cc3ccccc3)s2)ccc1OCc1ccccc1. The van der Waals surface area contributed by atoms with E-state index in [0.29, 0.717) is 18.1 Å². The Hall–Kier alpha value is -3.63. The van der Waals surface area contributed by atoms with Crippen molar-refractivity contribution in [3.8, 4) is 11.5 Å². The lowest BCUT2D eigenvalue weighted by atomic mass is 10.1. The summed E-state index contributed by atoms with van der Waals surface area (Å²) in [6.07, 6.45) is 4.25. The quantitative estimate of drug-likeness (QED) is 0.212. The maximum atomic E-state index is 12.6. The van der Waals surface area contributed by atoms with Gasteiger partial charge in [-0.3, -0.25) is 4.79 Å². The molecule has 4 heteroatoms. The van der Waals surface area contributed by atoms with Gasteiger partial charge < -0.3 is 9.47 Å². The predicted octanol–water partition coefficient (Wildman–Crippen LogP) is 6.82. The minimum Gasteiger partial charge on any atom is -0.493 e. The van der Waals surface area contributed by atoms with Gasteiger partial charge in [-0.1, -0.05) is 72.8 Å². The summed E-state index contributed by atoms with van der Waals surface area (Å²) in [5.41, 5.74) is 3.21. The van der Waals surface area contributed by atoms with Crippen LogP contribution in [0, 0.1) is 0 Å². The fourth-order valence-electron chi connectivity index (χ4n) is 3.30. The van der Waals surface area contributed by atoms with E-state index in [9.17, 15) is 4.79 Å². The summed E-state index contributed by atoms with van der Waals surface area (Å²) in [5, 5.41) is 0. The van der Waals surface area contributed by atoms with E-state index in [0.717, 1.165) is 22.4 Å². The van der Waals surface area contributed by atoms with Crippen molar-refractivity contribution >= 4 is 23.2 Å². The summed E-state index contributed by atoms with van der Waals surface area (Å²) >= 11 is 1.54. The molecular formula is C28H24O3S. The van der Waals surface area contributed by atoms with Crippen LogP contribution < -0.4 is 9.47 Å². The maximum Gasteiger partial charge on any atom is 0.195 e. The average Bonchev–Trinajstić information content (AvgIpc) is 3.31. The van der Waals surface area contributed by atoms with Crippen LogP contribution in [-0.2, 0) is 13.0 Å². The van der Waals surface area contributed by atoms with Crippen molar-refractivity contribution in [1.82, 2.24) is 0 Å². The van der Waals surface area contributed by atoms with E-state index in [2.05, 4.69) is 12.1 Å². The Balaban J connectivity index is 1.40. The Labute approximate surface area is 192 Å². The second kappa shape index (κ2) is 10.6. The van der Waals surface area contributed by atoms with Crippen molar-refractivity contribution in [1.29, 1.82) is 0 Å². The van der Waals surface area contributed by atoms with Gasteiger partial charge in [-0.05, 0) is 47.0 Å². The summed E-state index contributed by atoms with van der Waals surface area (Å²) in [6, 6.07) is 29.8. The number of carbonyl (C=O) groups excluding carboxylic acids is 1. The fourth-order valence-corrected chi connectivity index (χ4v) is 4.26. The van der Waals surface area contributed by atoms with E-state index in [1.165, 1.54) is 10.4 Å². The second-order valence-corrected chi connectivity index (χ2v) is 8.48. The van der Waals surface area contributed by atoms with Gasteiger partial charge in [-0.25, -0.2) is 0 Å². The lowest BCUT2D eigenvalue weighted by Crippen LogP contribution is -1.97. The minimum absolute atomic E-state index is 0.00215. The first kappa shape index (κ1) is 21.6. The van der Waals surface area contributed by atoms with Gasteiger partial charge in [0.2, 0.25) is 0 Å². The molecule has 0 atom stereocenters. The van der Waals surface area contributed by atoms with Crippen molar-refractivity contribution < 1.29 is 14.3 Å². The Morgan fingerprint density at radius 1 is 0.844 bits per heavy atom. The second-order valence-electron chi connectivity index (χ2n) is 7.31. The number of thiophene rings is 1. The molecule has 0 N–H and O–H groups in total. The van der Waals surface area contributed by atoms with Crippen LogP contribution in [0.1, 0.15) is 31.2 Å². The van der Waals surface area contributed by atoms with E-state index < -0.39 is 0 Å². The van der Waals surface area contributed by atoms with E-state index in [1.54, 1.807) is 24.5 Å². The van der Waals surface area contributed by atoms with Crippen LogP contribution in [0.2, 0.25) is 0 Å².